The molecule has 1 aliphatic carbocycles. The maximum atomic E-state index is 13.8. The Balaban J connectivity index is 1.44. The number of aromatic nitrogens is 3. The number of nitrogens with one attached hydrogen (secondary N) is 3. The number of hydrogen-bond acceptors (Lipinski definition) is 7. The predicted molar refractivity (Wildman–Crippen MR) is 155 cm³/mol. The summed E-state index contributed by atoms with van der Waals surface area (Å²) in [5.74, 6) is 0.0792. The smallest absolute Gasteiger partial charge is 0.252 e. The molecule has 11 heteroatoms. The first-order valence-corrected chi connectivity index (χ1v) is 14.6. The molecule has 2 aliphatic heterocycles. The van der Waals surface area contributed by atoms with Crippen LogP contribution < -0.4 is 25.4 Å². The molecule has 0 radical (unpaired) electrons. The van der Waals surface area contributed by atoms with E-state index >= 15 is 0 Å². The molecule has 1 saturated carbocycles. The number of rotatable bonds is 5. The highest BCUT2D eigenvalue weighted by molar-refractivity contribution is 5.99. The SMILES string of the molecule is COc1cc2ccc1OCCn1cc(nn1)CNC(=O)[C@@H](Cc1ccccc1)NC(=O)[C@H](CC1CCCCC1)NC2=O. The van der Waals surface area contributed by atoms with Crippen molar-refractivity contribution in [1.29, 1.82) is 0 Å². The van der Waals surface area contributed by atoms with Crippen LogP contribution in [0.5, 0.6) is 11.5 Å². The number of fused-ring (bicyclic) bond motifs is 12. The Bertz CT molecular complexity index is 1370. The second kappa shape index (κ2) is 14.0. The van der Waals surface area contributed by atoms with E-state index in [0.717, 1.165) is 31.2 Å². The third-order valence-corrected chi connectivity index (χ3v) is 7.86. The van der Waals surface area contributed by atoms with E-state index in [4.69, 9.17) is 9.47 Å². The van der Waals surface area contributed by atoms with Gasteiger partial charge in [-0.3, -0.25) is 14.4 Å². The first kappa shape index (κ1) is 29.1. The second-order valence-corrected chi connectivity index (χ2v) is 10.9. The maximum absolute atomic E-state index is 13.8. The summed E-state index contributed by atoms with van der Waals surface area (Å²) in [5.41, 5.74) is 1.83. The molecular weight excluding hydrogens is 536 g/mol. The molecule has 42 heavy (non-hydrogen) atoms. The minimum atomic E-state index is -0.851. The number of carbonyl (C=O) groups is 3. The Kier molecular flexibility index (Phi) is 9.68. The third kappa shape index (κ3) is 7.65. The lowest BCUT2D eigenvalue weighted by Crippen LogP contribution is -2.54. The number of methoxy groups -OCH3 is 1. The van der Waals surface area contributed by atoms with Crippen LogP contribution in [-0.4, -0.2) is 58.5 Å². The van der Waals surface area contributed by atoms with E-state index in [-0.39, 0.29) is 25.0 Å². The minimum Gasteiger partial charge on any atom is -0.493 e. The van der Waals surface area contributed by atoms with Crippen LogP contribution in [0.1, 0.15) is 60.1 Å². The summed E-state index contributed by atoms with van der Waals surface area (Å²) in [6.07, 6.45) is 7.95. The fourth-order valence-corrected chi connectivity index (χ4v) is 5.57. The van der Waals surface area contributed by atoms with Gasteiger partial charge in [-0.25, -0.2) is 4.68 Å². The van der Waals surface area contributed by atoms with Crippen LogP contribution in [0.25, 0.3) is 0 Å². The maximum Gasteiger partial charge on any atom is 0.252 e. The van der Waals surface area contributed by atoms with Gasteiger partial charge in [0.2, 0.25) is 11.8 Å². The van der Waals surface area contributed by atoms with E-state index in [2.05, 4.69) is 26.3 Å². The van der Waals surface area contributed by atoms with Gasteiger partial charge < -0.3 is 25.4 Å². The van der Waals surface area contributed by atoms with E-state index in [0.29, 0.717) is 48.1 Å². The molecule has 4 bridgehead atoms. The first-order valence-electron chi connectivity index (χ1n) is 14.6. The number of benzene rings is 2. The average Bonchev–Trinajstić information content (AvgIpc) is 3.47. The number of amides is 3. The summed E-state index contributed by atoms with van der Waals surface area (Å²) in [4.78, 5) is 40.7. The zero-order chi connectivity index (χ0) is 29.3. The molecular formula is C31H38N6O5. The number of nitrogens with zero attached hydrogens (tertiary/aromatic N) is 3. The number of carbonyl (C=O) groups excluding carboxylic acids is 3. The Labute approximate surface area is 245 Å². The zero-order valence-electron chi connectivity index (χ0n) is 23.9. The molecule has 3 aliphatic rings. The Morgan fingerprint density at radius 3 is 2.57 bits per heavy atom. The molecule has 2 aromatic carbocycles. The largest absolute Gasteiger partial charge is 0.493 e. The predicted octanol–water partition coefficient (Wildman–Crippen LogP) is 2.79. The molecule has 3 N–H and O–H groups in total. The normalized spacial score (nSPS) is 20.7. The fraction of sp³-hybridized carbons (Fsp3) is 0.452. The fourth-order valence-electron chi connectivity index (χ4n) is 5.57. The van der Waals surface area contributed by atoms with Crippen molar-refractivity contribution in [3.05, 3.63) is 71.5 Å². The van der Waals surface area contributed by atoms with Crippen molar-refractivity contribution in [3.63, 3.8) is 0 Å². The van der Waals surface area contributed by atoms with Gasteiger partial charge in [-0.2, -0.15) is 0 Å². The lowest BCUT2D eigenvalue weighted by Gasteiger charge is -2.28. The molecule has 2 atom stereocenters. The van der Waals surface area contributed by atoms with Gasteiger partial charge in [0.1, 0.15) is 24.4 Å². The van der Waals surface area contributed by atoms with Gasteiger partial charge in [-0.15, -0.1) is 5.10 Å². The highest BCUT2D eigenvalue weighted by atomic mass is 16.5. The summed E-state index contributed by atoms with van der Waals surface area (Å²) in [7, 11) is 1.51. The monoisotopic (exact) mass is 574 g/mol. The standard InChI is InChI=1S/C31H38N6O5/c1-41-28-18-23-12-13-27(28)42-15-14-37-20-24(35-36-37)19-32-30(39)25(16-21-8-4-2-5-9-21)34-31(40)26(33-29(23)38)17-22-10-6-3-7-11-22/h2,4-5,8-9,12-13,18,20,22,25-26H,3,6-7,10-11,14-17,19H2,1H3,(H,32,39)(H,33,38)(H,34,40)/t25-,26+/m1/s1. The van der Waals surface area contributed by atoms with Crippen molar-refractivity contribution in [2.24, 2.45) is 5.92 Å². The van der Waals surface area contributed by atoms with Gasteiger partial charge in [0.05, 0.1) is 26.4 Å². The van der Waals surface area contributed by atoms with Crippen molar-refractivity contribution >= 4 is 17.7 Å². The third-order valence-electron chi connectivity index (χ3n) is 7.86. The van der Waals surface area contributed by atoms with Gasteiger partial charge in [0, 0.05) is 12.0 Å². The molecule has 222 valence electrons. The van der Waals surface area contributed by atoms with Gasteiger partial charge in [0.25, 0.3) is 5.91 Å². The molecule has 1 fully saturated rings. The Morgan fingerprint density at radius 2 is 1.79 bits per heavy atom. The van der Waals surface area contributed by atoms with Crippen LogP contribution in [0.15, 0.2) is 54.7 Å². The molecule has 0 spiro atoms. The molecule has 0 unspecified atom stereocenters. The molecule has 3 heterocycles. The zero-order valence-corrected chi connectivity index (χ0v) is 23.9. The van der Waals surface area contributed by atoms with Crippen LogP contribution in [-0.2, 0) is 29.1 Å². The van der Waals surface area contributed by atoms with Crippen LogP contribution in [0, 0.1) is 5.92 Å². The van der Waals surface area contributed by atoms with Gasteiger partial charge in [-0.05, 0) is 36.1 Å². The van der Waals surface area contributed by atoms with Crippen molar-refractivity contribution in [2.45, 2.75) is 70.1 Å². The van der Waals surface area contributed by atoms with E-state index in [1.54, 1.807) is 29.1 Å². The van der Waals surface area contributed by atoms with Gasteiger partial charge in [-0.1, -0.05) is 67.6 Å². The molecule has 3 aromatic rings. The van der Waals surface area contributed by atoms with Crippen LogP contribution in [0.3, 0.4) is 0 Å². The summed E-state index contributed by atoms with van der Waals surface area (Å²) < 4.78 is 13.0. The summed E-state index contributed by atoms with van der Waals surface area (Å²) >= 11 is 0. The van der Waals surface area contributed by atoms with E-state index in [9.17, 15) is 14.4 Å². The molecule has 11 nitrogen and oxygen atoms in total. The van der Waals surface area contributed by atoms with Crippen molar-refractivity contribution in [2.75, 3.05) is 13.7 Å². The molecule has 3 amide bonds. The second-order valence-electron chi connectivity index (χ2n) is 10.9. The van der Waals surface area contributed by atoms with Crippen LogP contribution >= 0.6 is 0 Å². The Hall–Kier alpha value is -4.41. The van der Waals surface area contributed by atoms with E-state index < -0.39 is 18.0 Å². The molecule has 6 rings (SSSR count). The van der Waals surface area contributed by atoms with Crippen molar-refractivity contribution < 1.29 is 23.9 Å². The number of hydrogen-bond donors (Lipinski definition) is 3. The molecule has 0 saturated heterocycles. The van der Waals surface area contributed by atoms with E-state index in [1.807, 2.05) is 30.3 Å². The van der Waals surface area contributed by atoms with Crippen molar-refractivity contribution in [3.8, 4) is 11.5 Å². The lowest BCUT2D eigenvalue weighted by atomic mass is 9.84. The Morgan fingerprint density at radius 1 is 0.976 bits per heavy atom. The quantitative estimate of drug-likeness (QED) is 0.399. The highest BCUT2D eigenvalue weighted by Gasteiger charge is 2.30. The summed E-state index contributed by atoms with van der Waals surface area (Å²) in [5, 5.41) is 17.1. The topological polar surface area (TPSA) is 136 Å². The lowest BCUT2D eigenvalue weighted by molar-refractivity contribution is -0.130. The average molecular weight is 575 g/mol. The highest BCUT2D eigenvalue weighted by Crippen LogP contribution is 2.29. The van der Waals surface area contributed by atoms with Crippen LogP contribution in [0.2, 0.25) is 0 Å². The number of ether oxygens (including phenoxy) is 2. The van der Waals surface area contributed by atoms with Gasteiger partial charge >= 0.3 is 0 Å². The van der Waals surface area contributed by atoms with Crippen molar-refractivity contribution in [1.82, 2.24) is 30.9 Å². The van der Waals surface area contributed by atoms with Crippen LogP contribution in [0.4, 0.5) is 0 Å². The summed E-state index contributed by atoms with van der Waals surface area (Å²) in [6.45, 7) is 0.859. The van der Waals surface area contributed by atoms with E-state index in [1.165, 1.54) is 13.5 Å². The minimum absolute atomic E-state index is 0.151. The first-order chi connectivity index (χ1) is 20.5. The molecule has 1 aromatic heterocycles. The van der Waals surface area contributed by atoms with Gasteiger partial charge in [0.15, 0.2) is 11.5 Å². The summed E-state index contributed by atoms with van der Waals surface area (Å²) in [6, 6.07) is 12.8.